The molecule has 2 aromatic rings. The lowest BCUT2D eigenvalue weighted by Crippen LogP contribution is -2.49. The van der Waals surface area contributed by atoms with E-state index in [-0.39, 0.29) is 23.9 Å². The van der Waals surface area contributed by atoms with Crippen LogP contribution >= 0.6 is 11.3 Å². The summed E-state index contributed by atoms with van der Waals surface area (Å²) in [5, 5.41) is 19.2. The first-order valence-electron chi connectivity index (χ1n) is 8.26. The Morgan fingerprint density at radius 3 is 2.70 bits per heavy atom. The quantitative estimate of drug-likeness (QED) is 0.411. The summed E-state index contributed by atoms with van der Waals surface area (Å²) in [6, 6.07) is 8.86. The van der Waals surface area contributed by atoms with E-state index in [1.54, 1.807) is 6.07 Å². The van der Waals surface area contributed by atoms with Crippen molar-refractivity contribution in [1.82, 2.24) is 10.7 Å². The molecule has 9 heteroatoms. The van der Waals surface area contributed by atoms with Crippen molar-refractivity contribution in [2.45, 2.75) is 26.3 Å². The Morgan fingerprint density at radius 2 is 2.07 bits per heavy atom. The Morgan fingerprint density at radius 1 is 1.30 bits per heavy atom. The first-order chi connectivity index (χ1) is 12.9. The van der Waals surface area contributed by atoms with Gasteiger partial charge in [0.25, 0.3) is 11.6 Å². The van der Waals surface area contributed by atoms with E-state index < -0.39 is 16.9 Å². The molecule has 1 aromatic carbocycles. The van der Waals surface area contributed by atoms with Crippen molar-refractivity contribution < 1.29 is 14.5 Å². The minimum atomic E-state index is -0.736. The highest BCUT2D eigenvalue weighted by atomic mass is 32.1. The number of nitrogens with zero attached hydrogens (tertiary/aromatic N) is 2. The summed E-state index contributed by atoms with van der Waals surface area (Å²) in [4.78, 5) is 35.7. The predicted octanol–water partition coefficient (Wildman–Crippen LogP) is 2.49. The third-order valence-corrected chi connectivity index (χ3v) is 4.53. The molecular formula is C18H20N4O4S. The highest BCUT2D eigenvalue weighted by Gasteiger charge is 2.24. The number of amides is 2. The molecule has 2 N–H and O–H groups in total. The smallest absolute Gasteiger partial charge is 0.270 e. The van der Waals surface area contributed by atoms with Crippen LogP contribution in [0.3, 0.4) is 0 Å². The standard InChI is InChI=1S/C18H20N4O4S/c1-12(2)17(20-16(23)10-15-7-4-8-27-15)18(24)21-19-11-13-5-3-6-14(9-13)22(25)26/h3-9,11-12,17H,10H2,1-2H3,(H,20,23)(H,21,24)/b19-11-. The highest BCUT2D eigenvalue weighted by Crippen LogP contribution is 2.12. The third kappa shape index (κ3) is 6.30. The Labute approximate surface area is 160 Å². The van der Waals surface area contributed by atoms with Crippen LogP contribution in [0, 0.1) is 16.0 Å². The fourth-order valence-corrected chi connectivity index (χ4v) is 2.99. The lowest BCUT2D eigenvalue weighted by atomic mass is 10.0. The van der Waals surface area contributed by atoms with E-state index in [1.807, 2.05) is 31.4 Å². The largest absolute Gasteiger partial charge is 0.344 e. The van der Waals surface area contributed by atoms with Crippen molar-refractivity contribution in [3.63, 3.8) is 0 Å². The number of non-ortho nitro benzene ring substituents is 1. The van der Waals surface area contributed by atoms with Crippen LogP contribution in [-0.2, 0) is 16.0 Å². The number of nitro groups is 1. The third-order valence-electron chi connectivity index (χ3n) is 3.65. The predicted molar refractivity (Wildman–Crippen MR) is 104 cm³/mol. The molecule has 2 rings (SSSR count). The van der Waals surface area contributed by atoms with Gasteiger partial charge in [-0.05, 0) is 17.4 Å². The summed E-state index contributed by atoms with van der Waals surface area (Å²) in [5.41, 5.74) is 2.79. The molecule has 0 aliphatic heterocycles. The van der Waals surface area contributed by atoms with Crippen LogP contribution in [0.5, 0.6) is 0 Å². The monoisotopic (exact) mass is 388 g/mol. The summed E-state index contributed by atoms with van der Waals surface area (Å²) in [6.07, 6.45) is 1.53. The molecule has 142 valence electrons. The summed E-state index contributed by atoms with van der Waals surface area (Å²) >= 11 is 1.48. The summed E-state index contributed by atoms with van der Waals surface area (Å²) in [5.74, 6) is -0.828. The van der Waals surface area contributed by atoms with Gasteiger partial charge in [-0.1, -0.05) is 32.0 Å². The fourth-order valence-electron chi connectivity index (χ4n) is 2.29. The van der Waals surface area contributed by atoms with E-state index in [9.17, 15) is 19.7 Å². The second-order valence-corrected chi connectivity index (χ2v) is 7.16. The molecular weight excluding hydrogens is 368 g/mol. The minimum absolute atomic E-state index is 0.0637. The average Bonchev–Trinajstić information content (AvgIpc) is 3.12. The number of nitro benzene ring substituents is 1. The summed E-state index contributed by atoms with van der Waals surface area (Å²) in [6.45, 7) is 3.64. The van der Waals surface area contributed by atoms with E-state index >= 15 is 0 Å². The van der Waals surface area contributed by atoms with E-state index in [0.717, 1.165) is 4.88 Å². The summed E-state index contributed by atoms with van der Waals surface area (Å²) in [7, 11) is 0. The summed E-state index contributed by atoms with van der Waals surface area (Å²) < 4.78 is 0. The normalized spacial score (nSPS) is 12.1. The van der Waals surface area contributed by atoms with Crippen LogP contribution in [0.25, 0.3) is 0 Å². The number of hydrazone groups is 1. The van der Waals surface area contributed by atoms with E-state index in [1.165, 1.54) is 35.8 Å². The maximum Gasteiger partial charge on any atom is 0.270 e. The van der Waals surface area contributed by atoms with Crippen LogP contribution in [-0.4, -0.2) is 29.0 Å². The molecule has 0 saturated carbocycles. The number of nitrogens with one attached hydrogen (secondary N) is 2. The van der Waals surface area contributed by atoms with Crippen LogP contribution in [0.2, 0.25) is 0 Å². The van der Waals surface area contributed by atoms with Gasteiger partial charge >= 0.3 is 0 Å². The molecule has 0 spiro atoms. The van der Waals surface area contributed by atoms with E-state index in [2.05, 4.69) is 15.8 Å². The number of rotatable bonds is 8. The number of hydrogen-bond acceptors (Lipinski definition) is 6. The van der Waals surface area contributed by atoms with Gasteiger partial charge in [0.2, 0.25) is 5.91 Å². The van der Waals surface area contributed by atoms with Gasteiger partial charge in [0, 0.05) is 22.6 Å². The van der Waals surface area contributed by atoms with Gasteiger partial charge in [-0.25, -0.2) is 5.43 Å². The minimum Gasteiger partial charge on any atom is -0.344 e. The second kappa shape index (κ2) is 9.58. The van der Waals surface area contributed by atoms with Gasteiger partial charge in [0.05, 0.1) is 17.6 Å². The zero-order valence-corrected chi connectivity index (χ0v) is 15.7. The molecule has 1 aromatic heterocycles. The molecule has 0 bridgehead atoms. The first kappa shape index (κ1) is 20.2. The van der Waals surface area contributed by atoms with Crippen LogP contribution < -0.4 is 10.7 Å². The van der Waals surface area contributed by atoms with Gasteiger partial charge in [-0.3, -0.25) is 19.7 Å². The van der Waals surface area contributed by atoms with Crippen LogP contribution in [0.4, 0.5) is 5.69 Å². The number of benzene rings is 1. The Kier molecular flexibility index (Phi) is 7.18. The molecule has 1 unspecified atom stereocenters. The number of thiophene rings is 1. The molecule has 0 radical (unpaired) electrons. The fraction of sp³-hybridized carbons (Fsp3) is 0.278. The van der Waals surface area contributed by atoms with Crippen LogP contribution in [0.15, 0.2) is 46.9 Å². The number of carbonyl (C=O) groups excluding carboxylic acids is 2. The second-order valence-electron chi connectivity index (χ2n) is 6.13. The van der Waals surface area contributed by atoms with Crippen molar-refractivity contribution >= 4 is 35.1 Å². The van der Waals surface area contributed by atoms with Gasteiger partial charge in [0.1, 0.15) is 6.04 Å². The molecule has 0 aliphatic rings. The van der Waals surface area contributed by atoms with Crippen molar-refractivity contribution in [1.29, 1.82) is 0 Å². The highest BCUT2D eigenvalue weighted by molar-refractivity contribution is 7.10. The van der Waals surface area contributed by atoms with Crippen molar-refractivity contribution in [2.75, 3.05) is 0 Å². The van der Waals surface area contributed by atoms with Crippen molar-refractivity contribution in [2.24, 2.45) is 11.0 Å². The molecule has 1 heterocycles. The Bertz CT molecular complexity index is 834. The van der Waals surface area contributed by atoms with Crippen molar-refractivity contribution in [3.05, 3.63) is 62.3 Å². The van der Waals surface area contributed by atoms with Gasteiger partial charge in [-0.2, -0.15) is 5.10 Å². The zero-order valence-electron chi connectivity index (χ0n) is 14.9. The topological polar surface area (TPSA) is 114 Å². The molecule has 8 nitrogen and oxygen atoms in total. The lowest BCUT2D eigenvalue weighted by Gasteiger charge is -2.20. The van der Waals surface area contributed by atoms with Gasteiger partial charge in [0.15, 0.2) is 0 Å². The maximum atomic E-state index is 12.3. The molecule has 2 amide bonds. The van der Waals surface area contributed by atoms with Crippen molar-refractivity contribution in [3.8, 4) is 0 Å². The number of hydrogen-bond donors (Lipinski definition) is 2. The molecule has 0 fully saturated rings. The zero-order chi connectivity index (χ0) is 19.8. The maximum absolute atomic E-state index is 12.3. The Hall–Kier alpha value is -3.07. The average molecular weight is 388 g/mol. The van der Waals surface area contributed by atoms with E-state index in [0.29, 0.717) is 5.56 Å². The Balaban J connectivity index is 1.95. The van der Waals surface area contributed by atoms with Gasteiger partial charge < -0.3 is 5.32 Å². The molecule has 0 saturated heterocycles. The SMILES string of the molecule is CC(C)C(NC(=O)Cc1cccs1)C(=O)N/N=C\c1cccc([N+](=O)[O-])c1. The number of carbonyl (C=O) groups is 2. The van der Waals surface area contributed by atoms with Gasteiger partial charge in [-0.15, -0.1) is 11.3 Å². The van der Waals surface area contributed by atoms with E-state index in [4.69, 9.17) is 0 Å². The molecule has 1 atom stereocenters. The lowest BCUT2D eigenvalue weighted by molar-refractivity contribution is -0.384. The molecule has 0 aliphatic carbocycles. The first-order valence-corrected chi connectivity index (χ1v) is 9.14. The molecule has 27 heavy (non-hydrogen) atoms. The van der Waals surface area contributed by atoms with Crippen LogP contribution in [0.1, 0.15) is 24.3 Å².